The van der Waals surface area contributed by atoms with E-state index in [1.807, 2.05) is 54.6 Å². The maximum Gasteiger partial charge on any atom is 0.313 e. The number of hydrogen-bond donors (Lipinski definition) is 2. The second kappa shape index (κ2) is 18.7. The van der Waals surface area contributed by atoms with Gasteiger partial charge in [0.25, 0.3) is 5.91 Å². The Morgan fingerprint density at radius 3 is 2.39 bits per heavy atom. The van der Waals surface area contributed by atoms with Gasteiger partial charge in [-0.25, -0.2) is 0 Å². The molecule has 292 valence electrons. The van der Waals surface area contributed by atoms with Gasteiger partial charge < -0.3 is 39.3 Å². The van der Waals surface area contributed by atoms with E-state index in [0.717, 1.165) is 18.8 Å². The van der Waals surface area contributed by atoms with Gasteiger partial charge in [-0.3, -0.25) is 19.2 Å². The fourth-order valence-corrected chi connectivity index (χ4v) is 8.49. The van der Waals surface area contributed by atoms with E-state index in [2.05, 4.69) is 37.2 Å². The number of carbonyl (C=O) groups is 4. The van der Waals surface area contributed by atoms with Gasteiger partial charge in [-0.15, -0.1) is 13.2 Å². The highest BCUT2D eigenvalue weighted by Crippen LogP contribution is 2.59. The van der Waals surface area contributed by atoms with Crippen molar-refractivity contribution in [3.05, 3.63) is 85.5 Å². The minimum atomic E-state index is -1.25. The molecule has 3 aliphatic heterocycles. The third-order valence-electron chi connectivity index (χ3n) is 11.0. The Morgan fingerprint density at radius 2 is 1.76 bits per heavy atom. The van der Waals surface area contributed by atoms with Gasteiger partial charge >= 0.3 is 5.97 Å². The first-order valence-corrected chi connectivity index (χ1v) is 19.2. The fourth-order valence-electron chi connectivity index (χ4n) is 8.49. The van der Waals surface area contributed by atoms with Gasteiger partial charge in [-0.2, -0.15) is 0 Å². The molecule has 2 bridgehead atoms. The van der Waals surface area contributed by atoms with Crippen molar-refractivity contribution in [2.45, 2.75) is 82.3 Å². The molecule has 2 aromatic rings. The maximum absolute atomic E-state index is 14.9. The predicted molar refractivity (Wildman–Crippen MR) is 207 cm³/mol. The third kappa shape index (κ3) is 8.25. The number of methoxy groups -OCH3 is 1. The van der Waals surface area contributed by atoms with Crippen LogP contribution in [0.1, 0.15) is 64.0 Å². The Labute approximate surface area is 319 Å². The van der Waals surface area contributed by atoms with Gasteiger partial charge in [-0.05, 0) is 75.8 Å². The summed E-state index contributed by atoms with van der Waals surface area (Å²) < 4.78 is 18.5. The number of benzene rings is 2. The van der Waals surface area contributed by atoms with E-state index >= 15 is 0 Å². The molecule has 0 aromatic heterocycles. The number of aliphatic hydroxyl groups is 1. The van der Waals surface area contributed by atoms with Crippen molar-refractivity contribution in [2.75, 3.05) is 56.3 Å². The zero-order valence-electron chi connectivity index (χ0n) is 31.9. The summed E-state index contributed by atoms with van der Waals surface area (Å²) in [6, 6.07) is 15.2. The van der Waals surface area contributed by atoms with Crippen molar-refractivity contribution in [2.24, 2.45) is 11.8 Å². The minimum absolute atomic E-state index is 0.0577. The van der Waals surface area contributed by atoms with Gasteiger partial charge in [0.05, 0.1) is 30.6 Å². The number of likely N-dealkylation sites (tertiary alicyclic amines) is 1. The second-order valence-corrected chi connectivity index (χ2v) is 14.2. The SMILES string of the molecule is C=CCCC(=O)N[C@@H](COC)[C@@H](OC(=O)[C@@H]1[C@@H]2CC[C@]3(O2)[C@H](C(=O)N(CC=C)c2ccc(N(CC)CC)cc2)N(CCCCO)C(=O)[C@@H]13)c1ccccc1. The second-order valence-electron chi connectivity index (χ2n) is 14.2. The normalized spacial score (nSPS) is 23.7. The Bertz CT molecular complexity index is 1620. The summed E-state index contributed by atoms with van der Waals surface area (Å²) in [6.45, 7) is 13.9. The number of rotatable bonds is 21. The van der Waals surface area contributed by atoms with E-state index in [1.165, 1.54) is 7.11 Å². The van der Waals surface area contributed by atoms with Crippen LogP contribution in [0, 0.1) is 11.8 Å². The van der Waals surface area contributed by atoms with E-state index in [9.17, 15) is 24.3 Å². The Hall–Kier alpha value is -4.52. The van der Waals surface area contributed by atoms with Gasteiger partial charge in [0.1, 0.15) is 17.7 Å². The Balaban J connectivity index is 1.48. The first-order valence-electron chi connectivity index (χ1n) is 19.2. The first-order chi connectivity index (χ1) is 26.2. The van der Waals surface area contributed by atoms with Crippen LogP contribution in [0.25, 0.3) is 0 Å². The van der Waals surface area contributed by atoms with Crippen LogP contribution in [0.5, 0.6) is 0 Å². The quantitative estimate of drug-likeness (QED) is 0.107. The van der Waals surface area contributed by atoms with E-state index in [1.54, 1.807) is 22.0 Å². The summed E-state index contributed by atoms with van der Waals surface area (Å²) in [5.41, 5.74) is 1.09. The molecular weight excluding hydrogens is 688 g/mol. The highest BCUT2D eigenvalue weighted by atomic mass is 16.6. The molecule has 12 heteroatoms. The number of allylic oxidation sites excluding steroid dienone is 1. The number of unbranched alkanes of at least 4 members (excludes halogenated alkanes) is 1. The van der Waals surface area contributed by atoms with Crippen molar-refractivity contribution in [1.29, 1.82) is 0 Å². The molecular formula is C42H56N4O8. The lowest BCUT2D eigenvalue weighted by Gasteiger charge is -2.37. The van der Waals surface area contributed by atoms with Crippen molar-refractivity contribution >= 4 is 35.1 Å². The lowest BCUT2D eigenvalue weighted by molar-refractivity contribution is -0.163. The number of esters is 1. The van der Waals surface area contributed by atoms with Crippen molar-refractivity contribution < 1.29 is 38.5 Å². The molecule has 5 rings (SSSR count). The Morgan fingerprint density at radius 1 is 1.06 bits per heavy atom. The van der Waals surface area contributed by atoms with Crippen LogP contribution in [-0.2, 0) is 33.4 Å². The van der Waals surface area contributed by atoms with Crippen LogP contribution in [0.2, 0.25) is 0 Å². The first kappa shape index (κ1) is 40.7. The highest BCUT2D eigenvalue weighted by molar-refractivity contribution is 6.04. The molecule has 0 saturated carbocycles. The van der Waals surface area contributed by atoms with Crippen LogP contribution in [0.3, 0.4) is 0 Å². The van der Waals surface area contributed by atoms with Crippen LogP contribution >= 0.6 is 0 Å². The average molecular weight is 745 g/mol. The van der Waals surface area contributed by atoms with Crippen molar-refractivity contribution in [3.8, 4) is 0 Å². The molecule has 3 fully saturated rings. The van der Waals surface area contributed by atoms with Crippen LogP contribution in [-0.4, -0.2) is 104 Å². The number of carbonyl (C=O) groups excluding carboxylic acids is 4. The lowest BCUT2D eigenvalue weighted by Crippen LogP contribution is -2.56. The zero-order chi connectivity index (χ0) is 38.8. The number of nitrogens with zero attached hydrogens (tertiary/aromatic N) is 3. The van der Waals surface area contributed by atoms with Crippen LogP contribution < -0.4 is 15.1 Å². The molecule has 3 saturated heterocycles. The molecule has 0 aliphatic carbocycles. The number of hydrogen-bond acceptors (Lipinski definition) is 9. The molecule has 0 unspecified atom stereocenters. The summed E-state index contributed by atoms with van der Waals surface area (Å²) in [7, 11) is 1.51. The molecule has 1 spiro atoms. The predicted octanol–water partition coefficient (Wildman–Crippen LogP) is 4.58. The number of anilines is 2. The molecule has 7 atom stereocenters. The molecule has 2 N–H and O–H groups in total. The number of amides is 3. The summed E-state index contributed by atoms with van der Waals surface area (Å²) in [6.07, 6.45) is 4.23. The Kier molecular flexibility index (Phi) is 14.1. The summed E-state index contributed by atoms with van der Waals surface area (Å²) >= 11 is 0. The summed E-state index contributed by atoms with van der Waals surface area (Å²) in [5, 5.41) is 12.6. The number of fused-ring (bicyclic) bond motifs is 1. The van der Waals surface area contributed by atoms with Gasteiger partial charge in [0.15, 0.2) is 0 Å². The van der Waals surface area contributed by atoms with Crippen LogP contribution in [0.15, 0.2) is 79.9 Å². The van der Waals surface area contributed by atoms with E-state index in [0.29, 0.717) is 43.4 Å². The highest BCUT2D eigenvalue weighted by Gasteiger charge is 2.75. The number of ether oxygens (including phenoxy) is 3. The van der Waals surface area contributed by atoms with Crippen molar-refractivity contribution in [1.82, 2.24) is 10.2 Å². The third-order valence-corrected chi connectivity index (χ3v) is 11.0. The van der Waals surface area contributed by atoms with E-state index in [4.69, 9.17) is 14.2 Å². The molecule has 2 aromatic carbocycles. The maximum atomic E-state index is 14.9. The molecule has 3 amide bonds. The fraction of sp³-hybridized carbons (Fsp3) is 0.524. The minimum Gasteiger partial charge on any atom is -0.455 e. The van der Waals surface area contributed by atoms with E-state index in [-0.39, 0.29) is 50.4 Å². The number of aliphatic hydroxyl groups excluding tert-OH is 1. The zero-order valence-corrected chi connectivity index (χ0v) is 31.9. The lowest BCUT2D eigenvalue weighted by atomic mass is 9.70. The number of nitrogens with one attached hydrogen (secondary N) is 1. The van der Waals surface area contributed by atoms with Crippen molar-refractivity contribution in [3.63, 3.8) is 0 Å². The summed E-state index contributed by atoms with van der Waals surface area (Å²) in [5.74, 6) is -3.46. The summed E-state index contributed by atoms with van der Waals surface area (Å²) in [4.78, 5) is 62.4. The largest absolute Gasteiger partial charge is 0.455 e. The molecule has 12 nitrogen and oxygen atoms in total. The van der Waals surface area contributed by atoms with Gasteiger partial charge in [-0.1, -0.05) is 42.5 Å². The standard InChI is InChI=1S/C42H56N4O8/c1-6-10-18-34(48)43-32(28-52-5)37(29-16-12-11-13-17-29)53-41(51)35-33-23-24-42(54-33)36(35)39(49)46(26-14-15-27-47)38(42)40(50)45(25-7-2)31-21-19-30(20-22-31)44(8-3)9-4/h6-7,11-13,16-17,19-22,32-33,35-38,47H,1-2,8-10,14-15,18,23-28H2,3-5H3,(H,43,48)/t32-,33-,35+,36+,37-,38-,42+/m0/s1. The average Bonchev–Trinajstić information content (AvgIpc) is 3.83. The molecule has 3 aliphatic rings. The van der Waals surface area contributed by atoms with Gasteiger partial charge in [0, 0.05) is 57.7 Å². The monoisotopic (exact) mass is 744 g/mol. The topological polar surface area (TPSA) is 138 Å². The molecule has 54 heavy (non-hydrogen) atoms. The van der Waals surface area contributed by atoms with E-state index < -0.39 is 47.7 Å². The smallest absolute Gasteiger partial charge is 0.313 e. The van der Waals surface area contributed by atoms with Crippen LogP contribution in [0.4, 0.5) is 11.4 Å². The molecule has 3 heterocycles. The van der Waals surface area contributed by atoms with Gasteiger partial charge in [0.2, 0.25) is 11.8 Å². The molecule has 0 radical (unpaired) electrons.